The average molecular weight is 405 g/mol. The Morgan fingerprint density at radius 3 is 2.87 bits per heavy atom. The number of hydrogen-bond acceptors (Lipinski definition) is 6. The van der Waals surface area contributed by atoms with E-state index < -0.39 is 0 Å². The van der Waals surface area contributed by atoms with Gasteiger partial charge in [0.15, 0.2) is 5.65 Å². The van der Waals surface area contributed by atoms with Gasteiger partial charge in [0.1, 0.15) is 6.33 Å². The van der Waals surface area contributed by atoms with Crippen LogP contribution in [0.15, 0.2) is 55.0 Å². The maximum absolute atomic E-state index is 13.2. The SMILES string of the molecule is COC(=O)[C@H]1C[C@H]2CN(Cc3ccn4ncnc4c3)CC(=O)N2[C@H]1c1ccccc1. The first-order chi connectivity index (χ1) is 14.6. The van der Waals surface area contributed by atoms with Gasteiger partial charge in [0.25, 0.3) is 0 Å². The minimum Gasteiger partial charge on any atom is -0.469 e. The number of aromatic nitrogens is 3. The fourth-order valence-corrected chi connectivity index (χ4v) is 4.87. The normalized spacial score (nSPS) is 24.2. The maximum Gasteiger partial charge on any atom is 0.311 e. The van der Waals surface area contributed by atoms with Gasteiger partial charge in [0, 0.05) is 25.3 Å². The summed E-state index contributed by atoms with van der Waals surface area (Å²) in [4.78, 5) is 34.0. The van der Waals surface area contributed by atoms with Gasteiger partial charge < -0.3 is 9.64 Å². The number of nitrogens with zero attached hydrogens (tertiary/aromatic N) is 5. The predicted octanol–water partition coefficient (Wildman–Crippen LogP) is 1.68. The summed E-state index contributed by atoms with van der Waals surface area (Å²) in [5.74, 6) is -0.552. The number of esters is 1. The van der Waals surface area contributed by atoms with Crippen LogP contribution in [0.3, 0.4) is 0 Å². The minimum absolute atomic E-state index is 0.0163. The third-order valence-corrected chi connectivity index (χ3v) is 6.11. The van der Waals surface area contributed by atoms with E-state index in [1.807, 2.05) is 53.6 Å². The first kappa shape index (κ1) is 18.7. The molecule has 2 saturated heterocycles. The summed E-state index contributed by atoms with van der Waals surface area (Å²) in [5.41, 5.74) is 2.85. The average Bonchev–Trinajstić information content (AvgIpc) is 3.38. The predicted molar refractivity (Wildman–Crippen MR) is 108 cm³/mol. The van der Waals surface area contributed by atoms with E-state index >= 15 is 0 Å². The van der Waals surface area contributed by atoms with Gasteiger partial charge in [0.2, 0.25) is 5.91 Å². The molecule has 1 aromatic carbocycles. The summed E-state index contributed by atoms with van der Waals surface area (Å²) >= 11 is 0. The number of piperazine rings is 1. The molecule has 0 unspecified atom stereocenters. The Balaban J connectivity index is 1.39. The third-order valence-electron chi connectivity index (χ3n) is 6.11. The fraction of sp³-hybridized carbons (Fsp3) is 0.364. The van der Waals surface area contributed by atoms with Gasteiger partial charge in [-0.1, -0.05) is 30.3 Å². The Labute approximate surface area is 174 Å². The summed E-state index contributed by atoms with van der Waals surface area (Å²) in [6.07, 6.45) is 4.01. The minimum atomic E-state index is -0.348. The standard InChI is InChI=1S/C22H23N5O3/c1-30-22(29)18-10-17-12-25(11-15-7-8-26-19(9-15)23-14-24-26)13-20(28)27(17)21(18)16-5-3-2-4-6-16/h2-9,14,17-18,21H,10-13H2,1H3/t17-,18-,21-/m0/s1. The second-order valence-electron chi connectivity index (χ2n) is 7.94. The molecule has 4 heterocycles. The Bertz CT molecular complexity index is 1080. The number of pyridine rings is 1. The smallest absolute Gasteiger partial charge is 0.311 e. The van der Waals surface area contributed by atoms with E-state index in [1.165, 1.54) is 13.4 Å². The zero-order chi connectivity index (χ0) is 20.7. The third kappa shape index (κ3) is 3.23. The highest BCUT2D eigenvalue weighted by molar-refractivity contribution is 5.83. The lowest BCUT2D eigenvalue weighted by Crippen LogP contribution is -2.53. The molecule has 8 nitrogen and oxygen atoms in total. The van der Waals surface area contributed by atoms with Gasteiger partial charge in [-0.25, -0.2) is 9.50 Å². The van der Waals surface area contributed by atoms with Gasteiger partial charge in [-0.05, 0) is 29.7 Å². The molecule has 0 radical (unpaired) electrons. The van der Waals surface area contributed by atoms with Crippen LogP contribution in [0.1, 0.15) is 23.6 Å². The van der Waals surface area contributed by atoms with Crippen molar-refractivity contribution in [3.05, 3.63) is 66.1 Å². The van der Waals surface area contributed by atoms with E-state index in [0.717, 1.165) is 23.3 Å². The van der Waals surface area contributed by atoms with Crippen LogP contribution in [0.5, 0.6) is 0 Å². The molecule has 0 saturated carbocycles. The number of fused-ring (bicyclic) bond motifs is 2. The molecule has 2 aliphatic rings. The highest BCUT2D eigenvalue weighted by Gasteiger charge is 2.50. The van der Waals surface area contributed by atoms with E-state index in [0.29, 0.717) is 19.5 Å². The molecule has 2 fully saturated rings. The van der Waals surface area contributed by atoms with Gasteiger partial charge >= 0.3 is 5.97 Å². The molecule has 2 aromatic heterocycles. The molecule has 0 spiro atoms. The topological polar surface area (TPSA) is 80.0 Å². The molecule has 3 aromatic rings. The number of carbonyl (C=O) groups excluding carboxylic acids is 2. The second-order valence-corrected chi connectivity index (χ2v) is 7.94. The van der Waals surface area contributed by atoms with Crippen LogP contribution in [-0.2, 0) is 20.9 Å². The molecule has 2 aliphatic heterocycles. The fourth-order valence-electron chi connectivity index (χ4n) is 4.87. The zero-order valence-electron chi connectivity index (χ0n) is 16.7. The zero-order valence-corrected chi connectivity index (χ0v) is 16.7. The summed E-state index contributed by atoms with van der Waals surface area (Å²) in [6, 6.07) is 13.5. The maximum atomic E-state index is 13.2. The lowest BCUT2D eigenvalue weighted by atomic mass is 9.93. The lowest BCUT2D eigenvalue weighted by molar-refractivity contribution is -0.147. The number of benzene rings is 1. The largest absolute Gasteiger partial charge is 0.469 e. The first-order valence-electron chi connectivity index (χ1n) is 10.1. The van der Waals surface area contributed by atoms with Crippen molar-refractivity contribution < 1.29 is 14.3 Å². The molecule has 154 valence electrons. The second kappa shape index (κ2) is 7.53. The van der Waals surface area contributed by atoms with Crippen molar-refractivity contribution in [1.82, 2.24) is 24.4 Å². The van der Waals surface area contributed by atoms with Crippen molar-refractivity contribution in [2.45, 2.75) is 25.0 Å². The van der Waals surface area contributed by atoms with Crippen molar-refractivity contribution in [2.24, 2.45) is 5.92 Å². The molecule has 8 heteroatoms. The van der Waals surface area contributed by atoms with E-state index in [2.05, 4.69) is 15.0 Å². The summed E-state index contributed by atoms with van der Waals surface area (Å²) in [6.45, 7) is 1.70. The van der Waals surface area contributed by atoms with Crippen LogP contribution in [0, 0.1) is 5.92 Å². The lowest BCUT2D eigenvalue weighted by Gasteiger charge is -2.40. The number of rotatable bonds is 4. The Hall–Kier alpha value is -3.26. The van der Waals surface area contributed by atoms with E-state index in [1.54, 1.807) is 4.52 Å². The van der Waals surface area contributed by atoms with Crippen molar-refractivity contribution in [3.63, 3.8) is 0 Å². The van der Waals surface area contributed by atoms with Crippen LogP contribution >= 0.6 is 0 Å². The Morgan fingerprint density at radius 1 is 1.23 bits per heavy atom. The molecule has 30 heavy (non-hydrogen) atoms. The van der Waals surface area contributed by atoms with Crippen LogP contribution in [-0.4, -0.2) is 62.5 Å². The summed E-state index contributed by atoms with van der Waals surface area (Å²) in [5, 5.41) is 4.12. The van der Waals surface area contributed by atoms with Crippen molar-refractivity contribution in [2.75, 3.05) is 20.2 Å². The number of hydrogen-bond donors (Lipinski definition) is 0. The highest BCUT2D eigenvalue weighted by atomic mass is 16.5. The Kier molecular flexibility index (Phi) is 4.71. The van der Waals surface area contributed by atoms with Gasteiger partial charge in [0.05, 0.1) is 25.6 Å². The van der Waals surface area contributed by atoms with E-state index in [4.69, 9.17) is 4.74 Å². The molecule has 0 N–H and O–H groups in total. The van der Waals surface area contributed by atoms with Gasteiger partial charge in [-0.2, -0.15) is 5.10 Å². The molecule has 1 amide bonds. The number of ether oxygens (including phenoxy) is 1. The van der Waals surface area contributed by atoms with E-state index in [9.17, 15) is 9.59 Å². The van der Waals surface area contributed by atoms with Crippen LogP contribution in [0.4, 0.5) is 0 Å². The van der Waals surface area contributed by atoms with Crippen LogP contribution < -0.4 is 0 Å². The number of amides is 1. The number of carbonyl (C=O) groups is 2. The molecule has 5 rings (SSSR count). The van der Waals surface area contributed by atoms with Crippen molar-refractivity contribution in [3.8, 4) is 0 Å². The molecular weight excluding hydrogens is 382 g/mol. The molecule has 0 aliphatic carbocycles. The van der Waals surface area contributed by atoms with Crippen molar-refractivity contribution >= 4 is 17.5 Å². The van der Waals surface area contributed by atoms with Crippen LogP contribution in [0.2, 0.25) is 0 Å². The Morgan fingerprint density at radius 2 is 2.07 bits per heavy atom. The summed E-state index contributed by atoms with van der Waals surface area (Å²) < 4.78 is 6.79. The first-order valence-corrected chi connectivity index (χ1v) is 10.1. The monoisotopic (exact) mass is 405 g/mol. The van der Waals surface area contributed by atoms with Gasteiger partial charge in [-0.3, -0.25) is 14.5 Å². The molecule has 0 bridgehead atoms. The van der Waals surface area contributed by atoms with Crippen molar-refractivity contribution in [1.29, 1.82) is 0 Å². The molecular formula is C22H23N5O3. The summed E-state index contributed by atoms with van der Waals surface area (Å²) in [7, 11) is 1.41. The van der Waals surface area contributed by atoms with E-state index in [-0.39, 0.29) is 29.9 Å². The quantitative estimate of drug-likeness (QED) is 0.615. The molecule has 3 atom stereocenters. The highest BCUT2D eigenvalue weighted by Crippen LogP contribution is 2.43. The number of methoxy groups -OCH3 is 1. The van der Waals surface area contributed by atoms with Gasteiger partial charge in [-0.15, -0.1) is 0 Å². The van der Waals surface area contributed by atoms with Crippen LogP contribution in [0.25, 0.3) is 5.65 Å².